The molecule has 0 radical (unpaired) electrons. The minimum atomic E-state index is -0.101. The maximum absolute atomic E-state index is 9.33. The van der Waals surface area contributed by atoms with Crippen molar-refractivity contribution < 1.29 is 0 Å². The molecular weight excluding hydrogens is 244 g/mol. The van der Waals surface area contributed by atoms with Crippen LogP contribution in [0.2, 0.25) is 5.02 Å². The molecule has 1 aromatic carbocycles. The second-order valence-electron chi connectivity index (χ2n) is 5.28. The summed E-state index contributed by atoms with van der Waals surface area (Å²) in [6.07, 6.45) is 4.76. The van der Waals surface area contributed by atoms with Crippen LogP contribution in [0.4, 0.5) is 5.69 Å². The number of hydrogen-bond donors (Lipinski definition) is 1. The first kappa shape index (κ1) is 13.2. The van der Waals surface area contributed by atoms with E-state index in [9.17, 15) is 5.26 Å². The van der Waals surface area contributed by atoms with Crippen molar-refractivity contribution in [2.45, 2.75) is 38.6 Å². The Balaban J connectivity index is 1.99. The number of hydrogen-bond acceptors (Lipinski definition) is 2. The van der Waals surface area contributed by atoms with Crippen LogP contribution in [0, 0.1) is 23.2 Å². The number of halogens is 1. The van der Waals surface area contributed by atoms with Crippen LogP contribution in [0.1, 0.15) is 32.6 Å². The highest BCUT2D eigenvalue weighted by molar-refractivity contribution is 6.30. The molecule has 0 saturated heterocycles. The summed E-state index contributed by atoms with van der Waals surface area (Å²) in [7, 11) is 0. The van der Waals surface area contributed by atoms with E-state index in [1.807, 2.05) is 24.3 Å². The van der Waals surface area contributed by atoms with Crippen molar-refractivity contribution >= 4 is 17.3 Å². The standard InChI is InChI=1S/C15H19ClN2/c1-11-5-7-12(8-6-11)15(10-17)18-14-4-2-3-13(16)9-14/h2-4,9,11-12,15,18H,5-8H2,1H3. The Kier molecular flexibility index (Phi) is 4.49. The first-order chi connectivity index (χ1) is 8.69. The molecule has 96 valence electrons. The second kappa shape index (κ2) is 6.11. The first-order valence-electron chi connectivity index (χ1n) is 6.60. The molecule has 18 heavy (non-hydrogen) atoms. The van der Waals surface area contributed by atoms with E-state index in [0.29, 0.717) is 10.9 Å². The van der Waals surface area contributed by atoms with Crippen LogP contribution >= 0.6 is 11.6 Å². The van der Waals surface area contributed by atoms with Gasteiger partial charge in [0.2, 0.25) is 0 Å². The number of nitrogens with zero attached hydrogens (tertiary/aromatic N) is 1. The monoisotopic (exact) mass is 262 g/mol. The summed E-state index contributed by atoms with van der Waals surface area (Å²) in [6, 6.07) is 9.88. The molecule has 0 amide bonds. The van der Waals surface area contributed by atoms with Crippen molar-refractivity contribution in [1.29, 1.82) is 5.26 Å². The lowest BCUT2D eigenvalue weighted by Gasteiger charge is -2.30. The highest BCUT2D eigenvalue weighted by Gasteiger charge is 2.25. The highest BCUT2D eigenvalue weighted by atomic mass is 35.5. The van der Waals surface area contributed by atoms with Crippen LogP contribution in [0.25, 0.3) is 0 Å². The van der Waals surface area contributed by atoms with E-state index in [0.717, 1.165) is 24.4 Å². The zero-order chi connectivity index (χ0) is 13.0. The summed E-state index contributed by atoms with van der Waals surface area (Å²) < 4.78 is 0. The zero-order valence-corrected chi connectivity index (χ0v) is 11.5. The van der Waals surface area contributed by atoms with Gasteiger partial charge in [0.05, 0.1) is 6.07 Å². The minimum absolute atomic E-state index is 0.101. The molecule has 1 saturated carbocycles. The van der Waals surface area contributed by atoms with Gasteiger partial charge in [0.15, 0.2) is 0 Å². The molecule has 0 bridgehead atoms. The Hall–Kier alpha value is -1.20. The predicted octanol–water partition coefficient (Wildman–Crippen LogP) is 4.47. The molecule has 1 N–H and O–H groups in total. The molecule has 1 fully saturated rings. The van der Waals surface area contributed by atoms with Crippen LogP contribution in [-0.2, 0) is 0 Å². The molecule has 1 aliphatic carbocycles. The van der Waals surface area contributed by atoms with Gasteiger partial charge in [-0.3, -0.25) is 0 Å². The van der Waals surface area contributed by atoms with Crippen molar-refractivity contribution in [2.24, 2.45) is 11.8 Å². The van der Waals surface area contributed by atoms with Crippen LogP contribution < -0.4 is 5.32 Å². The maximum atomic E-state index is 9.33. The van der Waals surface area contributed by atoms with Crippen molar-refractivity contribution in [1.82, 2.24) is 0 Å². The zero-order valence-electron chi connectivity index (χ0n) is 10.7. The normalized spacial score (nSPS) is 25.2. The summed E-state index contributed by atoms with van der Waals surface area (Å²) in [5.41, 5.74) is 0.938. The van der Waals surface area contributed by atoms with Gasteiger partial charge in [-0.05, 0) is 42.9 Å². The van der Waals surface area contributed by atoms with Gasteiger partial charge in [-0.2, -0.15) is 5.26 Å². The molecule has 2 nitrogen and oxygen atoms in total. The van der Waals surface area contributed by atoms with E-state index in [1.54, 1.807) is 0 Å². The Morgan fingerprint density at radius 2 is 2.06 bits per heavy atom. The fourth-order valence-electron chi connectivity index (χ4n) is 2.63. The number of nitriles is 1. The average molecular weight is 263 g/mol. The van der Waals surface area contributed by atoms with Gasteiger partial charge >= 0.3 is 0 Å². The first-order valence-corrected chi connectivity index (χ1v) is 6.98. The molecule has 2 rings (SSSR count). The lowest BCUT2D eigenvalue weighted by atomic mass is 9.79. The molecule has 1 atom stereocenters. The topological polar surface area (TPSA) is 35.8 Å². The van der Waals surface area contributed by atoms with Crippen LogP contribution in [0.15, 0.2) is 24.3 Å². The molecule has 0 heterocycles. The van der Waals surface area contributed by atoms with Gasteiger partial charge < -0.3 is 5.32 Å². The fraction of sp³-hybridized carbons (Fsp3) is 0.533. The third kappa shape index (κ3) is 3.40. The van der Waals surface area contributed by atoms with Crippen molar-refractivity contribution in [3.05, 3.63) is 29.3 Å². The van der Waals surface area contributed by atoms with Crippen molar-refractivity contribution in [3.63, 3.8) is 0 Å². The molecular formula is C15H19ClN2. The summed E-state index contributed by atoms with van der Waals surface area (Å²) >= 11 is 5.95. The Labute approximate surface area is 114 Å². The van der Waals surface area contributed by atoms with E-state index in [2.05, 4.69) is 18.3 Å². The number of nitrogens with one attached hydrogen (secondary N) is 1. The highest BCUT2D eigenvalue weighted by Crippen LogP contribution is 2.31. The van der Waals surface area contributed by atoms with Crippen molar-refractivity contribution in [2.75, 3.05) is 5.32 Å². The molecule has 0 spiro atoms. The van der Waals surface area contributed by atoms with Crippen molar-refractivity contribution in [3.8, 4) is 6.07 Å². The summed E-state index contributed by atoms with van der Waals surface area (Å²) in [6.45, 7) is 2.29. The molecule has 3 heteroatoms. The second-order valence-corrected chi connectivity index (χ2v) is 5.72. The van der Waals surface area contributed by atoms with Crippen LogP contribution in [0.3, 0.4) is 0 Å². The SMILES string of the molecule is CC1CCC(C(C#N)Nc2cccc(Cl)c2)CC1. The molecule has 0 aliphatic heterocycles. The van der Waals surface area contributed by atoms with Crippen LogP contribution in [-0.4, -0.2) is 6.04 Å². The van der Waals surface area contributed by atoms with Gasteiger partial charge in [-0.1, -0.05) is 37.4 Å². The quantitative estimate of drug-likeness (QED) is 0.872. The van der Waals surface area contributed by atoms with E-state index >= 15 is 0 Å². The Morgan fingerprint density at radius 1 is 1.33 bits per heavy atom. The summed E-state index contributed by atoms with van der Waals surface area (Å²) in [5.74, 6) is 1.27. The molecule has 1 aromatic rings. The largest absolute Gasteiger partial charge is 0.370 e. The Bertz CT molecular complexity index is 430. The Morgan fingerprint density at radius 3 is 2.67 bits per heavy atom. The van der Waals surface area contributed by atoms with Gasteiger partial charge in [0.25, 0.3) is 0 Å². The third-order valence-corrected chi connectivity index (χ3v) is 4.05. The maximum Gasteiger partial charge on any atom is 0.117 e. The summed E-state index contributed by atoms with van der Waals surface area (Å²) in [4.78, 5) is 0. The number of anilines is 1. The lowest BCUT2D eigenvalue weighted by molar-refractivity contribution is 0.282. The predicted molar refractivity (Wildman–Crippen MR) is 75.6 cm³/mol. The average Bonchev–Trinajstić information content (AvgIpc) is 2.37. The molecule has 0 aromatic heterocycles. The fourth-order valence-corrected chi connectivity index (χ4v) is 2.82. The van der Waals surface area contributed by atoms with E-state index in [-0.39, 0.29) is 6.04 Å². The van der Waals surface area contributed by atoms with Gasteiger partial charge in [-0.15, -0.1) is 0 Å². The van der Waals surface area contributed by atoms with Gasteiger partial charge in [-0.25, -0.2) is 0 Å². The number of rotatable bonds is 3. The van der Waals surface area contributed by atoms with E-state index in [1.165, 1.54) is 12.8 Å². The summed E-state index contributed by atoms with van der Waals surface area (Å²) in [5, 5.41) is 13.3. The van der Waals surface area contributed by atoms with E-state index in [4.69, 9.17) is 11.6 Å². The van der Waals surface area contributed by atoms with Gasteiger partial charge in [0, 0.05) is 10.7 Å². The molecule has 1 aliphatic rings. The number of benzene rings is 1. The molecule has 1 unspecified atom stereocenters. The van der Waals surface area contributed by atoms with Crippen LogP contribution in [0.5, 0.6) is 0 Å². The minimum Gasteiger partial charge on any atom is -0.370 e. The van der Waals surface area contributed by atoms with Gasteiger partial charge in [0.1, 0.15) is 6.04 Å². The lowest BCUT2D eigenvalue weighted by Crippen LogP contribution is -2.30. The third-order valence-electron chi connectivity index (χ3n) is 3.82. The van der Waals surface area contributed by atoms with E-state index < -0.39 is 0 Å². The smallest absolute Gasteiger partial charge is 0.117 e.